The summed E-state index contributed by atoms with van der Waals surface area (Å²) in [6.45, 7) is 11.2. The zero-order valence-electron chi connectivity index (χ0n) is 16.3. The molecular weight excluding hydrogens is 398 g/mol. The van der Waals surface area contributed by atoms with Crippen LogP contribution in [0.15, 0.2) is 81.1 Å². The van der Waals surface area contributed by atoms with Gasteiger partial charge in [0.05, 0.1) is 34.5 Å². The van der Waals surface area contributed by atoms with Crippen LogP contribution in [0.25, 0.3) is 15.7 Å². The van der Waals surface area contributed by atoms with Crippen molar-refractivity contribution in [3.05, 3.63) is 88.2 Å². The number of nitrogens with zero attached hydrogens (tertiary/aromatic N) is 3. The van der Waals surface area contributed by atoms with Gasteiger partial charge in [0.1, 0.15) is 0 Å². The predicted octanol–water partition coefficient (Wildman–Crippen LogP) is 4.03. The Morgan fingerprint density at radius 2 is 1.87 bits per heavy atom. The van der Waals surface area contributed by atoms with Crippen molar-refractivity contribution >= 4 is 20.7 Å². The van der Waals surface area contributed by atoms with Crippen molar-refractivity contribution in [1.29, 1.82) is 5.26 Å². The highest BCUT2D eigenvalue weighted by Crippen LogP contribution is 2.39. The molecule has 0 saturated carbocycles. The first-order valence-electron chi connectivity index (χ1n) is 9.12. The average molecular weight is 415 g/mol. The zero-order chi connectivity index (χ0) is 21.5. The molecule has 0 amide bonds. The molecule has 1 unspecified atom stereocenters. The second kappa shape index (κ2) is 7.18. The summed E-state index contributed by atoms with van der Waals surface area (Å²) in [6, 6.07) is 15.5. The number of rotatable bonds is 3. The first kappa shape index (κ1) is 19.4. The molecule has 0 saturated heterocycles. The maximum atomic E-state index is 13.1. The highest BCUT2D eigenvalue weighted by atomic mass is 32.2. The minimum absolute atomic E-state index is 0.0104. The van der Waals surface area contributed by atoms with Gasteiger partial charge in [0.2, 0.25) is 9.84 Å². The summed E-state index contributed by atoms with van der Waals surface area (Å²) in [5, 5.41) is 20.0. The number of hydrogen-bond acceptors (Lipinski definition) is 5. The van der Waals surface area contributed by atoms with E-state index in [1.807, 2.05) is 0 Å². The Hall–Kier alpha value is -3.88. The molecule has 8 heteroatoms. The molecule has 3 aromatic rings. The van der Waals surface area contributed by atoms with Gasteiger partial charge in [0.15, 0.2) is 10.7 Å². The third-order valence-electron chi connectivity index (χ3n) is 5.16. The molecule has 1 aromatic heterocycles. The Bertz CT molecular complexity index is 1380. The van der Waals surface area contributed by atoms with Gasteiger partial charge < -0.3 is 5.32 Å². The van der Waals surface area contributed by atoms with Gasteiger partial charge in [0, 0.05) is 16.8 Å². The lowest BCUT2D eigenvalue weighted by atomic mass is 9.84. The van der Waals surface area contributed by atoms with Gasteiger partial charge in [-0.3, -0.25) is 5.10 Å². The lowest BCUT2D eigenvalue weighted by molar-refractivity contribution is 0.593. The first-order chi connectivity index (χ1) is 14.4. The Labute approximate surface area is 174 Å². The number of dihydropyridines is 1. The van der Waals surface area contributed by atoms with Crippen LogP contribution >= 0.6 is 0 Å². The number of aromatic nitrogens is 2. The molecule has 2 heterocycles. The average Bonchev–Trinajstić information content (AvgIpc) is 3.18. The number of H-pyrrole nitrogens is 1. The minimum atomic E-state index is -3.81. The normalized spacial score (nSPS) is 16.9. The summed E-state index contributed by atoms with van der Waals surface area (Å²) in [5.41, 5.74) is 3.35. The first-order valence-corrected chi connectivity index (χ1v) is 10.6. The van der Waals surface area contributed by atoms with Crippen molar-refractivity contribution in [2.45, 2.75) is 29.7 Å². The minimum Gasteiger partial charge on any atom is -0.372 e. The Balaban J connectivity index is 1.93. The maximum Gasteiger partial charge on any atom is 0.223 e. The number of sulfone groups is 1. The van der Waals surface area contributed by atoms with Crippen LogP contribution < -0.4 is 5.32 Å². The predicted molar refractivity (Wildman–Crippen MR) is 111 cm³/mol. The van der Waals surface area contributed by atoms with Gasteiger partial charge in [-0.05, 0) is 43.7 Å². The van der Waals surface area contributed by atoms with E-state index in [1.54, 1.807) is 50.2 Å². The van der Waals surface area contributed by atoms with Crippen LogP contribution in [0.5, 0.6) is 0 Å². The molecule has 1 atom stereocenters. The third kappa shape index (κ3) is 2.95. The molecule has 0 bridgehead atoms. The number of nitriles is 1. The van der Waals surface area contributed by atoms with E-state index in [1.165, 1.54) is 12.1 Å². The van der Waals surface area contributed by atoms with E-state index in [2.05, 4.69) is 26.4 Å². The molecule has 2 N–H and O–H groups in total. The molecule has 2 aromatic carbocycles. The van der Waals surface area contributed by atoms with E-state index in [0.29, 0.717) is 39.1 Å². The maximum absolute atomic E-state index is 13.1. The van der Waals surface area contributed by atoms with Gasteiger partial charge in [-0.1, -0.05) is 24.3 Å². The number of hydrogen-bond donors (Lipinski definition) is 2. The number of benzene rings is 2. The Morgan fingerprint density at radius 3 is 2.53 bits per heavy atom. The molecule has 7 nitrogen and oxygen atoms in total. The Kier molecular flexibility index (Phi) is 4.65. The monoisotopic (exact) mass is 415 g/mol. The fourth-order valence-electron chi connectivity index (χ4n) is 3.71. The summed E-state index contributed by atoms with van der Waals surface area (Å²) >= 11 is 0. The van der Waals surface area contributed by atoms with Crippen molar-refractivity contribution in [3.8, 4) is 6.07 Å². The molecule has 0 aliphatic carbocycles. The largest absolute Gasteiger partial charge is 0.372 e. The number of nitrogens with one attached hydrogen (secondary N) is 2. The van der Waals surface area contributed by atoms with E-state index in [9.17, 15) is 13.7 Å². The lowest BCUT2D eigenvalue weighted by Crippen LogP contribution is -2.22. The standard InChI is InChI=1S/C22H17N5O2S/c1-13-18(12-23)20(21(24-3)14(2)25-13)15-9-10-19-17(11-15)22(27-26-19)30(28,29)16-7-5-4-6-8-16/h4-11,20,25H,1-2H3,(H,26,27). The van der Waals surface area contributed by atoms with Gasteiger partial charge >= 0.3 is 0 Å². The smallest absolute Gasteiger partial charge is 0.223 e. The van der Waals surface area contributed by atoms with Crippen molar-refractivity contribution < 1.29 is 8.42 Å². The van der Waals surface area contributed by atoms with Gasteiger partial charge in [-0.25, -0.2) is 13.3 Å². The van der Waals surface area contributed by atoms with Gasteiger partial charge in [0.25, 0.3) is 0 Å². The summed E-state index contributed by atoms with van der Waals surface area (Å²) in [5.74, 6) is -0.569. The Morgan fingerprint density at radius 1 is 1.13 bits per heavy atom. The van der Waals surface area contributed by atoms with Crippen LogP contribution in [-0.4, -0.2) is 18.6 Å². The summed E-state index contributed by atoms with van der Waals surface area (Å²) in [7, 11) is -3.81. The zero-order valence-corrected chi connectivity index (χ0v) is 17.1. The molecule has 4 rings (SSSR count). The number of aromatic amines is 1. The number of fused-ring (bicyclic) bond motifs is 1. The van der Waals surface area contributed by atoms with Crippen LogP contribution in [0.3, 0.4) is 0 Å². The fourth-order valence-corrected chi connectivity index (χ4v) is 5.08. The highest BCUT2D eigenvalue weighted by molar-refractivity contribution is 7.91. The second-order valence-corrected chi connectivity index (χ2v) is 8.86. The van der Waals surface area contributed by atoms with E-state index in [0.717, 1.165) is 0 Å². The summed E-state index contributed by atoms with van der Waals surface area (Å²) in [4.78, 5) is 3.81. The van der Waals surface area contributed by atoms with Crippen molar-refractivity contribution in [2.75, 3.05) is 0 Å². The van der Waals surface area contributed by atoms with Crippen LogP contribution in [0.2, 0.25) is 0 Å². The summed E-state index contributed by atoms with van der Waals surface area (Å²) in [6.07, 6.45) is 0. The molecule has 30 heavy (non-hydrogen) atoms. The number of allylic oxidation sites excluding steroid dienone is 3. The molecule has 1 aliphatic heterocycles. The van der Waals surface area contributed by atoms with Gasteiger partial charge in [-0.2, -0.15) is 10.4 Å². The van der Waals surface area contributed by atoms with Crippen molar-refractivity contribution in [2.24, 2.45) is 0 Å². The second-order valence-electron chi connectivity index (χ2n) is 6.98. The molecule has 148 valence electrons. The highest BCUT2D eigenvalue weighted by Gasteiger charge is 2.31. The molecular formula is C22H17N5O2S. The van der Waals surface area contributed by atoms with Crippen molar-refractivity contribution in [1.82, 2.24) is 15.5 Å². The molecule has 0 fully saturated rings. The van der Waals surface area contributed by atoms with E-state index >= 15 is 0 Å². The van der Waals surface area contributed by atoms with Crippen molar-refractivity contribution in [3.63, 3.8) is 0 Å². The third-order valence-corrected chi connectivity index (χ3v) is 6.91. The lowest BCUT2D eigenvalue weighted by Gasteiger charge is -2.26. The van der Waals surface area contributed by atoms with Crippen LogP contribution in [-0.2, 0) is 9.84 Å². The molecule has 0 spiro atoms. The van der Waals surface area contributed by atoms with E-state index < -0.39 is 15.8 Å². The fraction of sp³-hybridized carbons (Fsp3) is 0.136. The molecule has 0 radical (unpaired) electrons. The van der Waals surface area contributed by atoms with Gasteiger partial charge in [-0.15, -0.1) is 0 Å². The SMILES string of the molecule is [C-]#[N+]C1=C(C)NC(C)=C(C#N)C1c1ccc2n[nH]c(S(=O)(=O)c3ccccc3)c2c1. The topological polar surface area (TPSA) is 103 Å². The summed E-state index contributed by atoms with van der Waals surface area (Å²) < 4.78 is 26.3. The van der Waals surface area contributed by atoms with Crippen LogP contribution in [0, 0.1) is 17.9 Å². The van der Waals surface area contributed by atoms with Crippen LogP contribution in [0.1, 0.15) is 25.3 Å². The van der Waals surface area contributed by atoms with E-state index in [4.69, 9.17) is 6.57 Å². The quantitative estimate of drug-likeness (QED) is 0.629. The van der Waals surface area contributed by atoms with E-state index in [-0.39, 0.29) is 9.92 Å². The van der Waals surface area contributed by atoms with Crippen LogP contribution in [0.4, 0.5) is 0 Å². The molecule has 1 aliphatic rings.